The third-order valence-electron chi connectivity index (χ3n) is 3.50. The predicted molar refractivity (Wildman–Crippen MR) is 101 cm³/mol. The average molecular weight is 393 g/mol. The lowest BCUT2D eigenvalue weighted by Crippen LogP contribution is -2.38. The summed E-state index contributed by atoms with van der Waals surface area (Å²) in [5.74, 6) is -2.99. The Morgan fingerprint density at radius 3 is 2.37 bits per heavy atom. The topological polar surface area (TPSA) is 104 Å². The van der Waals surface area contributed by atoms with E-state index < -0.39 is 39.3 Å². The summed E-state index contributed by atoms with van der Waals surface area (Å²) >= 11 is 0. The van der Waals surface area contributed by atoms with E-state index in [1.807, 2.05) is 0 Å². The highest BCUT2D eigenvalue weighted by Gasteiger charge is 2.22. The van der Waals surface area contributed by atoms with Crippen LogP contribution in [0.25, 0.3) is 0 Å². The molecule has 3 N–H and O–H groups in total. The first-order valence-corrected chi connectivity index (χ1v) is 9.79. The second-order valence-electron chi connectivity index (χ2n) is 5.93. The smallest absolute Gasteiger partial charge is 0.243 e. The molecule has 0 aliphatic carbocycles. The molecule has 0 radical (unpaired) electrons. The number of rotatable bonds is 8. The van der Waals surface area contributed by atoms with Gasteiger partial charge >= 0.3 is 0 Å². The van der Waals surface area contributed by atoms with Crippen LogP contribution in [0, 0.1) is 11.7 Å². The van der Waals surface area contributed by atoms with Crippen molar-refractivity contribution in [3.63, 3.8) is 0 Å². The molecule has 0 fully saturated rings. The molecule has 0 aromatic heterocycles. The molecule has 0 aliphatic rings. The molecule has 0 aliphatic heterocycles. The van der Waals surface area contributed by atoms with Gasteiger partial charge in [0.2, 0.25) is 21.8 Å². The van der Waals surface area contributed by atoms with E-state index in [0.717, 1.165) is 6.07 Å². The first-order valence-electron chi connectivity index (χ1n) is 8.14. The maximum absolute atomic E-state index is 13.1. The molecule has 2 aromatic rings. The van der Waals surface area contributed by atoms with Crippen molar-refractivity contribution in [2.45, 2.75) is 6.92 Å². The van der Waals surface area contributed by atoms with Crippen molar-refractivity contribution in [2.75, 3.05) is 22.3 Å². The summed E-state index contributed by atoms with van der Waals surface area (Å²) in [5, 5.41) is 5.00. The minimum atomic E-state index is -3.86. The van der Waals surface area contributed by atoms with Gasteiger partial charge in [-0.25, -0.2) is 12.8 Å². The number of sulfonamides is 1. The van der Waals surface area contributed by atoms with Gasteiger partial charge in [-0.1, -0.05) is 31.2 Å². The van der Waals surface area contributed by atoms with Crippen molar-refractivity contribution < 1.29 is 22.4 Å². The fourth-order valence-electron chi connectivity index (χ4n) is 2.25. The van der Waals surface area contributed by atoms with Crippen molar-refractivity contribution in [1.29, 1.82) is 0 Å². The van der Waals surface area contributed by atoms with Crippen LogP contribution < -0.4 is 15.4 Å². The Morgan fingerprint density at radius 2 is 1.70 bits per heavy atom. The van der Waals surface area contributed by atoms with Crippen LogP contribution in [-0.4, -0.2) is 32.5 Å². The summed E-state index contributed by atoms with van der Waals surface area (Å²) in [6.45, 7) is 1.14. The van der Waals surface area contributed by atoms with Crippen molar-refractivity contribution in [1.82, 2.24) is 5.32 Å². The molecule has 1 atom stereocenters. The molecule has 0 saturated carbocycles. The molecule has 2 aromatic carbocycles. The lowest BCUT2D eigenvalue weighted by Gasteiger charge is -2.14. The molecule has 144 valence electrons. The zero-order chi connectivity index (χ0) is 19.9. The fourth-order valence-corrected chi connectivity index (χ4v) is 3.63. The number of para-hydroxylation sites is 1. The van der Waals surface area contributed by atoms with Gasteiger partial charge < -0.3 is 10.6 Å². The second kappa shape index (κ2) is 9.13. The van der Waals surface area contributed by atoms with Crippen LogP contribution in [0.5, 0.6) is 0 Å². The van der Waals surface area contributed by atoms with Gasteiger partial charge in [0.25, 0.3) is 0 Å². The van der Waals surface area contributed by atoms with Crippen molar-refractivity contribution >= 4 is 33.2 Å². The van der Waals surface area contributed by atoms with Gasteiger partial charge in [0, 0.05) is 5.69 Å². The molecule has 0 bridgehead atoms. The third-order valence-corrected chi connectivity index (χ3v) is 4.98. The monoisotopic (exact) mass is 393 g/mol. The van der Waals surface area contributed by atoms with Gasteiger partial charge in [-0.3, -0.25) is 14.3 Å². The third kappa shape index (κ3) is 7.06. The van der Waals surface area contributed by atoms with E-state index in [2.05, 4.69) is 15.4 Å². The fraction of sp³-hybridized carbons (Fsp3) is 0.222. The molecule has 1 unspecified atom stereocenters. The minimum absolute atomic E-state index is 0.0739. The largest absolute Gasteiger partial charge is 0.347 e. The Kier molecular flexibility index (Phi) is 6.89. The second-order valence-corrected chi connectivity index (χ2v) is 7.69. The summed E-state index contributed by atoms with van der Waals surface area (Å²) < 4.78 is 39.6. The molecular weight excluding hydrogens is 373 g/mol. The molecule has 7 nitrogen and oxygen atoms in total. The van der Waals surface area contributed by atoms with Crippen LogP contribution >= 0.6 is 0 Å². The number of anilines is 2. The number of amides is 2. The molecule has 9 heteroatoms. The normalized spacial score (nSPS) is 12.1. The summed E-state index contributed by atoms with van der Waals surface area (Å²) in [5.41, 5.74) is 0.663. The summed E-state index contributed by atoms with van der Waals surface area (Å²) in [6, 6.07) is 13.7. The predicted octanol–water partition coefficient (Wildman–Crippen LogP) is 1.96. The van der Waals surface area contributed by atoms with E-state index >= 15 is 0 Å². The number of hydrogen-bond donors (Lipinski definition) is 3. The Morgan fingerprint density at radius 1 is 1.04 bits per heavy atom. The number of carbonyl (C=O) groups excluding carboxylic acids is 2. The quantitative estimate of drug-likeness (QED) is 0.638. The van der Waals surface area contributed by atoms with Gasteiger partial charge in [0.05, 0.1) is 23.9 Å². The Hall–Kier alpha value is -2.94. The standard InChI is InChI=1S/C18H20FN3O4S/c1-13(12-27(25,26)22-16-9-5-6-14(19)10-16)18(24)20-11-17(23)21-15-7-3-2-4-8-15/h2-10,13,22H,11-12H2,1H3,(H,20,24)(H,21,23). The number of halogens is 1. The zero-order valence-corrected chi connectivity index (χ0v) is 15.4. The lowest BCUT2D eigenvalue weighted by atomic mass is 10.2. The van der Waals surface area contributed by atoms with Crippen LogP contribution in [0.3, 0.4) is 0 Å². The maximum Gasteiger partial charge on any atom is 0.243 e. The van der Waals surface area contributed by atoms with Gasteiger partial charge in [-0.15, -0.1) is 0 Å². The zero-order valence-electron chi connectivity index (χ0n) is 14.6. The molecule has 0 spiro atoms. The lowest BCUT2D eigenvalue weighted by molar-refractivity contribution is -0.126. The molecule has 0 saturated heterocycles. The molecule has 2 rings (SSSR count). The number of hydrogen-bond acceptors (Lipinski definition) is 4. The molecule has 27 heavy (non-hydrogen) atoms. The van der Waals surface area contributed by atoms with Gasteiger partial charge in [0.1, 0.15) is 5.82 Å². The van der Waals surface area contributed by atoms with E-state index in [4.69, 9.17) is 0 Å². The van der Waals surface area contributed by atoms with Crippen LogP contribution in [0.1, 0.15) is 6.92 Å². The van der Waals surface area contributed by atoms with Crippen molar-refractivity contribution in [3.05, 3.63) is 60.4 Å². The van der Waals surface area contributed by atoms with Gasteiger partial charge in [-0.05, 0) is 30.3 Å². The highest BCUT2D eigenvalue weighted by atomic mass is 32.2. The van der Waals surface area contributed by atoms with Gasteiger partial charge in [-0.2, -0.15) is 0 Å². The highest BCUT2D eigenvalue weighted by molar-refractivity contribution is 7.92. The van der Waals surface area contributed by atoms with E-state index in [1.165, 1.54) is 25.1 Å². The maximum atomic E-state index is 13.1. The van der Waals surface area contributed by atoms with Crippen LogP contribution in [0.15, 0.2) is 54.6 Å². The summed E-state index contributed by atoms with van der Waals surface area (Å²) in [4.78, 5) is 23.8. The van der Waals surface area contributed by atoms with Crippen LogP contribution in [0.4, 0.5) is 15.8 Å². The van der Waals surface area contributed by atoms with E-state index in [9.17, 15) is 22.4 Å². The molecular formula is C18H20FN3O4S. The first kappa shape index (κ1) is 20.4. The van der Waals surface area contributed by atoms with E-state index in [1.54, 1.807) is 30.3 Å². The van der Waals surface area contributed by atoms with Crippen LogP contribution in [-0.2, 0) is 19.6 Å². The average Bonchev–Trinajstić information content (AvgIpc) is 2.59. The first-order chi connectivity index (χ1) is 12.7. The van der Waals surface area contributed by atoms with Crippen molar-refractivity contribution in [2.24, 2.45) is 5.92 Å². The number of nitrogens with one attached hydrogen (secondary N) is 3. The van der Waals surface area contributed by atoms with Crippen LogP contribution in [0.2, 0.25) is 0 Å². The number of carbonyl (C=O) groups is 2. The molecule has 2 amide bonds. The van der Waals surface area contributed by atoms with Gasteiger partial charge in [0.15, 0.2) is 0 Å². The molecule has 0 heterocycles. The SMILES string of the molecule is CC(CS(=O)(=O)Nc1cccc(F)c1)C(=O)NCC(=O)Nc1ccccc1. The Labute approximate surface area is 157 Å². The summed E-state index contributed by atoms with van der Waals surface area (Å²) in [7, 11) is -3.86. The van der Waals surface area contributed by atoms with Crippen molar-refractivity contribution in [3.8, 4) is 0 Å². The number of benzene rings is 2. The van der Waals surface area contributed by atoms with E-state index in [0.29, 0.717) is 5.69 Å². The summed E-state index contributed by atoms with van der Waals surface area (Å²) in [6.07, 6.45) is 0. The Balaban J connectivity index is 1.82. The minimum Gasteiger partial charge on any atom is -0.347 e. The van der Waals surface area contributed by atoms with E-state index in [-0.39, 0.29) is 12.2 Å². The highest BCUT2D eigenvalue weighted by Crippen LogP contribution is 2.13. The Bertz CT molecular complexity index is 904.